The van der Waals surface area contributed by atoms with Crippen LogP contribution in [-0.2, 0) is 19.1 Å². The Hall–Kier alpha value is -3.28. The van der Waals surface area contributed by atoms with Crippen molar-refractivity contribution in [3.05, 3.63) is 69.8 Å². The molecule has 2 fully saturated rings. The summed E-state index contributed by atoms with van der Waals surface area (Å²) in [5, 5.41) is 0. The molecule has 0 heterocycles. The van der Waals surface area contributed by atoms with Gasteiger partial charge in [0.15, 0.2) is 24.8 Å². The number of carbonyl (C=O) groups is 4. The average Bonchev–Trinajstić information content (AvgIpc) is 3.46. The van der Waals surface area contributed by atoms with E-state index >= 15 is 0 Å². The molecule has 6 heteroatoms. The van der Waals surface area contributed by atoms with Crippen LogP contribution in [0.4, 0.5) is 0 Å². The molecule has 35 heavy (non-hydrogen) atoms. The largest absolute Gasteiger partial charge is 0.457 e. The topological polar surface area (TPSA) is 86.7 Å². The molecule has 0 spiro atoms. The smallest absolute Gasteiger partial charge is 0.310 e. The highest BCUT2D eigenvalue weighted by molar-refractivity contribution is 5.99. The van der Waals surface area contributed by atoms with Crippen molar-refractivity contribution in [3.63, 3.8) is 0 Å². The molecule has 2 aromatic rings. The Morgan fingerprint density at radius 1 is 0.657 bits per heavy atom. The highest BCUT2D eigenvalue weighted by Crippen LogP contribution is 2.53. The Labute approximate surface area is 206 Å². The maximum absolute atomic E-state index is 13.0. The van der Waals surface area contributed by atoms with E-state index in [1.807, 2.05) is 39.8 Å². The van der Waals surface area contributed by atoms with Gasteiger partial charge in [-0.25, -0.2) is 0 Å². The van der Waals surface area contributed by atoms with Gasteiger partial charge in [-0.15, -0.1) is 0 Å². The third-order valence-corrected chi connectivity index (χ3v) is 7.81. The van der Waals surface area contributed by atoms with Crippen LogP contribution < -0.4 is 0 Å². The van der Waals surface area contributed by atoms with Gasteiger partial charge in [-0.05, 0) is 93.2 Å². The Bertz CT molecular complexity index is 1090. The lowest BCUT2D eigenvalue weighted by Gasteiger charge is -2.27. The van der Waals surface area contributed by atoms with Crippen LogP contribution in [0.3, 0.4) is 0 Å². The third kappa shape index (κ3) is 5.21. The van der Waals surface area contributed by atoms with Crippen LogP contribution in [0.1, 0.15) is 62.2 Å². The number of esters is 2. The van der Waals surface area contributed by atoms with Gasteiger partial charge < -0.3 is 9.47 Å². The van der Waals surface area contributed by atoms with Crippen LogP contribution in [0, 0.1) is 51.4 Å². The van der Waals surface area contributed by atoms with Crippen LogP contribution >= 0.6 is 0 Å². The fourth-order valence-corrected chi connectivity index (χ4v) is 5.43. The first-order valence-electron chi connectivity index (χ1n) is 12.2. The molecule has 6 nitrogen and oxygen atoms in total. The fraction of sp³-hybridized carbons (Fsp3) is 0.448. The van der Waals surface area contributed by atoms with Gasteiger partial charge in [0.25, 0.3) is 0 Å². The first-order valence-corrected chi connectivity index (χ1v) is 12.2. The number of rotatable bonds is 8. The molecule has 184 valence electrons. The fourth-order valence-electron chi connectivity index (χ4n) is 5.43. The van der Waals surface area contributed by atoms with Crippen LogP contribution in [0.25, 0.3) is 0 Å². The van der Waals surface area contributed by atoms with Crippen molar-refractivity contribution in [2.45, 2.75) is 47.0 Å². The van der Waals surface area contributed by atoms with Gasteiger partial charge in [-0.1, -0.05) is 24.3 Å². The Morgan fingerprint density at radius 2 is 1.06 bits per heavy atom. The van der Waals surface area contributed by atoms with Crippen molar-refractivity contribution in [2.24, 2.45) is 23.7 Å². The second-order valence-electron chi connectivity index (χ2n) is 10.0. The molecular weight excluding hydrogens is 444 g/mol. The molecule has 2 aliphatic carbocycles. The summed E-state index contributed by atoms with van der Waals surface area (Å²) in [6.45, 7) is 7.06. The third-order valence-electron chi connectivity index (χ3n) is 7.81. The normalized spacial score (nSPS) is 22.6. The number of aryl methyl sites for hydroxylation is 4. The number of hydrogen-bond acceptors (Lipinski definition) is 6. The van der Waals surface area contributed by atoms with E-state index in [2.05, 4.69) is 0 Å². The zero-order valence-electron chi connectivity index (χ0n) is 20.8. The van der Waals surface area contributed by atoms with Crippen LogP contribution in [-0.4, -0.2) is 36.7 Å². The number of ether oxygens (including phenoxy) is 2. The number of Topliss-reactive ketones (excluding diaryl/α,β-unsaturated/α-hetero) is 2. The minimum atomic E-state index is -0.634. The standard InChI is InChI=1S/C29H32O6/c1-16-5-7-20(11-18(16)3)24(30)14-34-28(32)26-22-9-10-23(13-22)27(26)29(33)35-15-25(31)21-8-6-17(2)19(4)12-21/h5-8,11-12,22-23,26-27H,9-10,13-15H2,1-4H3/t22-,23-,26-,27-/m0/s1. The van der Waals surface area contributed by atoms with E-state index in [-0.39, 0.29) is 36.6 Å². The predicted octanol–water partition coefficient (Wildman–Crippen LogP) is 4.73. The lowest BCUT2D eigenvalue weighted by molar-refractivity contribution is -0.162. The highest BCUT2D eigenvalue weighted by Gasteiger charge is 2.55. The molecule has 4 rings (SSSR count). The van der Waals surface area contributed by atoms with E-state index < -0.39 is 23.8 Å². The molecule has 0 radical (unpaired) electrons. The van der Waals surface area contributed by atoms with Crippen molar-refractivity contribution in [2.75, 3.05) is 13.2 Å². The quantitative estimate of drug-likeness (QED) is 0.404. The second kappa shape index (κ2) is 10.1. The van der Waals surface area contributed by atoms with Crippen LogP contribution in [0.15, 0.2) is 36.4 Å². The minimum absolute atomic E-state index is 0.0391. The number of fused-ring (bicyclic) bond motifs is 2. The monoisotopic (exact) mass is 476 g/mol. The summed E-state index contributed by atoms with van der Waals surface area (Å²) in [6.07, 6.45) is 2.46. The van der Waals surface area contributed by atoms with Gasteiger partial charge in [-0.2, -0.15) is 0 Å². The van der Waals surface area contributed by atoms with E-state index in [0.29, 0.717) is 11.1 Å². The summed E-state index contributed by atoms with van der Waals surface area (Å²) in [7, 11) is 0. The average molecular weight is 477 g/mol. The molecule has 2 bridgehead atoms. The van der Waals surface area contributed by atoms with Gasteiger partial charge >= 0.3 is 11.9 Å². The van der Waals surface area contributed by atoms with Gasteiger partial charge in [0.1, 0.15) is 0 Å². The number of benzene rings is 2. The van der Waals surface area contributed by atoms with Crippen molar-refractivity contribution in [1.29, 1.82) is 0 Å². The molecule has 2 aliphatic rings. The number of ketones is 2. The molecule has 0 amide bonds. The van der Waals surface area contributed by atoms with Gasteiger partial charge in [0.2, 0.25) is 0 Å². The van der Waals surface area contributed by atoms with E-state index in [4.69, 9.17) is 9.47 Å². The second-order valence-corrected chi connectivity index (χ2v) is 10.0. The summed E-state index contributed by atoms with van der Waals surface area (Å²) < 4.78 is 10.8. The van der Waals surface area contributed by atoms with Crippen molar-refractivity contribution < 1.29 is 28.7 Å². The van der Waals surface area contributed by atoms with E-state index in [9.17, 15) is 19.2 Å². The summed E-state index contributed by atoms with van der Waals surface area (Å²) >= 11 is 0. The maximum atomic E-state index is 13.0. The molecule has 2 aromatic carbocycles. The first-order chi connectivity index (χ1) is 16.7. The maximum Gasteiger partial charge on any atom is 0.310 e. The molecule has 0 N–H and O–H groups in total. The number of hydrogen-bond donors (Lipinski definition) is 0. The van der Waals surface area contributed by atoms with Crippen LogP contribution in [0.5, 0.6) is 0 Å². The van der Waals surface area contributed by atoms with Crippen LogP contribution in [0.2, 0.25) is 0 Å². The molecule has 0 aliphatic heterocycles. The molecular formula is C29H32O6. The zero-order chi connectivity index (χ0) is 25.3. The lowest BCUT2D eigenvalue weighted by atomic mass is 9.79. The van der Waals surface area contributed by atoms with Gasteiger partial charge in [0.05, 0.1) is 11.8 Å². The molecule has 0 saturated heterocycles. The Kier molecular flexibility index (Phi) is 7.20. The van der Waals surface area contributed by atoms with Gasteiger partial charge in [0, 0.05) is 11.1 Å². The summed E-state index contributed by atoms with van der Waals surface area (Å²) in [5.74, 6) is -2.80. The molecule has 0 aromatic heterocycles. The van der Waals surface area contributed by atoms with Crippen molar-refractivity contribution >= 4 is 23.5 Å². The van der Waals surface area contributed by atoms with Gasteiger partial charge in [-0.3, -0.25) is 19.2 Å². The minimum Gasteiger partial charge on any atom is -0.457 e. The SMILES string of the molecule is Cc1ccc(C(=O)COC(=O)[C@H]2[C@H]3CC[C@@H](C3)[C@@H]2C(=O)OCC(=O)c2ccc(C)c(C)c2)cc1C. The first kappa shape index (κ1) is 24.8. The zero-order valence-corrected chi connectivity index (χ0v) is 20.8. The van der Waals surface area contributed by atoms with E-state index in [1.54, 1.807) is 24.3 Å². The van der Waals surface area contributed by atoms with Crippen molar-refractivity contribution in [3.8, 4) is 0 Å². The summed E-state index contributed by atoms with van der Waals surface area (Å²) in [5.41, 5.74) is 5.14. The lowest BCUT2D eigenvalue weighted by Crippen LogP contribution is -2.38. The molecule has 2 saturated carbocycles. The Morgan fingerprint density at radius 3 is 1.43 bits per heavy atom. The Balaban J connectivity index is 1.37. The van der Waals surface area contributed by atoms with Crippen molar-refractivity contribution in [1.82, 2.24) is 0 Å². The molecule has 4 atom stereocenters. The summed E-state index contributed by atoms with van der Waals surface area (Å²) in [6, 6.07) is 10.8. The highest BCUT2D eigenvalue weighted by atomic mass is 16.5. The predicted molar refractivity (Wildman–Crippen MR) is 130 cm³/mol. The summed E-state index contributed by atoms with van der Waals surface area (Å²) in [4.78, 5) is 51.1. The molecule has 0 unspecified atom stereocenters. The van der Waals surface area contributed by atoms with E-state index in [0.717, 1.165) is 41.5 Å². The van der Waals surface area contributed by atoms with E-state index in [1.165, 1.54) is 0 Å². The number of carbonyl (C=O) groups excluding carboxylic acids is 4.